The molecule has 6 nitrogen and oxygen atoms in total. The molecule has 1 aromatic rings. The van der Waals surface area contributed by atoms with E-state index >= 15 is 0 Å². The molecule has 7 heteroatoms. The van der Waals surface area contributed by atoms with E-state index in [-0.39, 0.29) is 29.5 Å². The predicted octanol–water partition coefficient (Wildman–Crippen LogP) is 2.35. The maximum atomic E-state index is 5.50. The third-order valence-electron chi connectivity index (χ3n) is 5.11. The molecule has 1 aliphatic rings. The number of aliphatic imine (C=N–C) groups is 1. The largest absolute Gasteiger partial charge is 0.495 e. The van der Waals surface area contributed by atoms with E-state index in [4.69, 9.17) is 4.74 Å². The molecule has 0 atom stereocenters. The lowest BCUT2D eigenvalue weighted by Crippen LogP contribution is -2.56. The van der Waals surface area contributed by atoms with Crippen LogP contribution in [0.2, 0.25) is 0 Å². The predicted molar refractivity (Wildman–Crippen MR) is 121 cm³/mol. The number of hydrogen-bond donors (Lipinski definition) is 1. The molecule has 26 heavy (non-hydrogen) atoms. The lowest BCUT2D eigenvalue weighted by molar-refractivity contribution is 0.195. The second kappa shape index (κ2) is 10.2. The minimum absolute atomic E-state index is 0. The smallest absolute Gasteiger partial charge is 0.193 e. The van der Waals surface area contributed by atoms with E-state index in [0.717, 1.165) is 44.4 Å². The number of piperazine rings is 1. The van der Waals surface area contributed by atoms with E-state index in [9.17, 15) is 0 Å². The van der Waals surface area contributed by atoms with Crippen molar-refractivity contribution in [3.8, 4) is 5.75 Å². The highest BCUT2D eigenvalue weighted by atomic mass is 127. The number of methoxy groups -OCH3 is 1. The zero-order chi connectivity index (χ0) is 18.4. The minimum atomic E-state index is 0. The maximum absolute atomic E-state index is 5.50. The van der Waals surface area contributed by atoms with Gasteiger partial charge < -0.3 is 24.8 Å². The number of para-hydroxylation sites is 2. The molecule has 0 radical (unpaired) electrons. The molecular formula is C19H34IN5O. The topological polar surface area (TPSA) is 43.3 Å². The summed E-state index contributed by atoms with van der Waals surface area (Å²) in [6, 6.07) is 8.22. The first-order valence-electron chi connectivity index (χ1n) is 8.90. The molecule has 2 rings (SSSR count). The normalized spacial score (nSPS) is 15.7. The van der Waals surface area contributed by atoms with Crippen LogP contribution in [0.1, 0.15) is 13.8 Å². The summed E-state index contributed by atoms with van der Waals surface area (Å²) in [6.07, 6.45) is 0. The first kappa shape index (κ1) is 22.8. The van der Waals surface area contributed by atoms with Gasteiger partial charge >= 0.3 is 0 Å². The number of anilines is 1. The summed E-state index contributed by atoms with van der Waals surface area (Å²) < 4.78 is 5.50. The zero-order valence-electron chi connectivity index (χ0n) is 17.0. The second-order valence-corrected chi connectivity index (χ2v) is 7.25. The number of guanidine groups is 1. The van der Waals surface area contributed by atoms with Gasteiger partial charge in [0.05, 0.1) is 12.8 Å². The van der Waals surface area contributed by atoms with Crippen molar-refractivity contribution in [3.63, 3.8) is 0 Å². The molecule has 0 unspecified atom stereocenters. The number of halogens is 1. The highest BCUT2D eigenvalue weighted by Crippen LogP contribution is 2.28. The second-order valence-electron chi connectivity index (χ2n) is 7.25. The quantitative estimate of drug-likeness (QED) is 0.403. The van der Waals surface area contributed by atoms with Crippen molar-refractivity contribution in [3.05, 3.63) is 24.3 Å². The lowest BCUT2D eigenvalue weighted by Gasteiger charge is -2.39. The molecular weight excluding hydrogens is 441 g/mol. The Morgan fingerprint density at radius 1 is 1.19 bits per heavy atom. The van der Waals surface area contributed by atoms with Gasteiger partial charge in [0.1, 0.15) is 5.75 Å². The zero-order valence-corrected chi connectivity index (χ0v) is 19.3. The van der Waals surface area contributed by atoms with Gasteiger partial charge in [0.25, 0.3) is 0 Å². The summed E-state index contributed by atoms with van der Waals surface area (Å²) in [4.78, 5) is 11.4. The molecule has 0 amide bonds. The SMILES string of the molecule is CN=C(NCC(C)(C)N(C)C)N1CCN(c2ccccc2OC)CC1.I. The van der Waals surface area contributed by atoms with Crippen molar-refractivity contribution in [2.24, 2.45) is 4.99 Å². The summed E-state index contributed by atoms with van der Waals surface area (Å²) in [6.45, 7) is 9.12. The maximum Gasteiger partial charge on any atom is 0.193 e. The van der Waals surface area contributed by atoms with Crippen molar-refractivity contribution in [2.45, 2.75) is 19.4 Å². The van der Waals surface area contributed by atoms with Crippen LogP contribution in [0.25, 0.3) is 0 Å². The fraction of sp³-hybridized carbons (Fsp3) is 0.632. The standard InChI is InChI=1S/C19H33N5O.HI/c1-19(2,22(4)5)15-21-18(20-3)24-13-11-23(12-14-24)16-9-7-8-10-17(16)25-6;/h7-10H,11-15H2,1-6H3,(H,20,21);1H. The fourth-order valence-corrected chi connectivity index (χ4v) is 2.84. The van der Waals surface area contributed by atoms with Gasteiger partial charge in [0.15, 0.2) is 5.96 Å². The van der Waals surface area contributed by atoms with E-state index in [1.165, 1.54) is 5.69 Å². The third kappa shape index (κ3) is 5.64. The average molecular weight is 475 g/mol. The summed E-state index contributed by atoms with van der Waals surface area (Å²) >= 11 is 0. The van der Waals surface area contributed by atoms with Crippen LogP contribution in [-0.2, 0) is 0 Å². The van der Waals surface area contributed by atoms with Gasteiger partial charge in [0, 0.05) is 45.3 Å². The Kier molecular flexibility index (Phi) is 8.95. The third-order valence-corrected chi connectivity index (χ3v) is 5.11. The number of hydrogen-bond acceptors (Lipinski definition) is 4. The number of benzene rings is 1. The number of nitrogens with zero attached hydrogens (tertiary/aromatic N) is 4. The van der Waals surface area contributed by atoms with E-state index in [1.54, 1.807) is 7.11 Å². The summed E-state index contributed by atoms with van der Waals surface area (Å²) in [7, 11) is 7.80. The first-order valence-corrected chi connectivity index (χ1v) is 8.90. The number of rotatable bonds is 5. The molecule has 148 valence electrons. The Balaban J connectivity index is 0.00000338. The van der Waals surface area contributed by atoms with Crippen LogP contribution in [0.15, 0.2) is 29.3 Å². The highest BCUT2D eigenvalue weighted by molar-refractivity contribution is 14.0. The van der Waals surface area contributed by atoms with Crippen molar-refractivity contribution in [1.82, 2.24) is 15.1 Å². The molecule has 1 saturated heterocycles. The molecule has 0 aliphatic carbocycles. The van der Waals surface area contributed by atoms with Crippen LogP contribution < -0.4 is 15.0 Å². The van der Waals surface area contributed by atoms with Crippen LogP contribution >= 0.6 is 24.0 Å². The highest BCUT2D eigenvalue weighted by Gasteiger charge is 2.24. The van der Waals surface area contributed by atoms with Crippen molar-refractivity contribution in [2.75, 3.05) is 65.9 Å². The van der Waals surface area contributed by atoms with Gasteiger partial charge in [-0.2, -0.15) is 0 Å². The number of nitrogens with one attached hydrogen (secondary N) is 1. The Bertz CT molecular complexity index is 583. The Morgan fingerprint density at radius 3 is 2.35 bits per heavy atom. The fourth-order valence-electron chi connectivity index (χ4n) is 2.84. The Morgan fingerprint density at radius 2 is 1.81 bits per heavy atom. The van der Waals surface area contributed by atoms with Gasteiger partial charge in [-0.3, -0.25) is 4.99 Å². The van der Waals surface area contributed by atoms with Crippen LogP contribution in [0.4, 0.5) is 5.69 Å². The molecule has 1 fully saturated rings. The number of likely N-dealkylation sites (N-methyl/N-ethyl adjacent to an activating group) is 1. The van der Waals surface area contributed by atoms with Crippen LogP contribution in [0.3, 0.4) is 0 Å². The van der Waals surface area contributed by atoms with E-state index in [2.05, 4.69) is 65.1 Å². The molecule has 1 aliphatic heterocycles. The molecule has 0 aromatic heterocycles. The molecule has 0 saturated carbocycles. The van der Waals surface area contributed by atoms with Crippen molar-refractivity contribution < 1.29 is 4.74 Å². The summed E-state index contributed by atoms with van der Waals surface area (Å²) in [5, 5.41) is 3.53. The van der Waals surface area contributed by atoms with Gasteiger partial charge in [-0.05, 0) is 40.1 Å². The van der Waals surface area contributed by atoms with Crippen molar-refractivity contribution >= 4 is 35.6 Å². The lowest BCUT2D eigenvalue weighted by atomic mass is 10.0. The van der Waals surface area contributed by atoms with E-state index < -0.39 is 0 Å². The van der Waals surface area contributed by atoms with Crippen molar-refractivity contribution in [1.29, 1.82) is 0 Å². The molecule has 0 spiro atoms. The van der Waals surface area contributed by atoms with Gasteiger partial charge in [-0.15, -0.1) is 24.0 Å². The number of ether oxygens (including phenoxy) is 1. The first-order chi connectivity index (χ1) is 11.9. The van der Waals surface area contributed by atoms with Gasteiger partial charge in [-0.1, -0.05) is 12.1 Å². The van der Waals surface area contributed by atoms with Crippen LogP contribution in [0.5, 0.6) is 5.75 Å². The summed E-state index contributed by atoms with van der Waals surface area (Å²) in [5.74, 6) is 1.92. The van der Waals surface area contributed by atoms with E-state index in [0.29, 0.717) is 0 Å². The minimum Gasteiger partial charge on any atom is -0.495 e. The van der Waals surface area contributed by atoms with E-state index in [1.807, 2.05) is 19.2 Å². The summed E-state index contributed by atoms with van der Waals surface area (Å²) in [5.41, 5.74) is 1.25. The molecule has 1 N–H and O–H groups in total. The van der Waals surface area contributed by atoms with Crippen LogP contribution in [0, 0.1) is 0 Å². The van der Waals surface area contributed by atoms with Crippen LogP contribution in [-0.4, -0.2) is 82.3 Å². The van der Waals surface area contributed by atoms with Gasteiger partial charge in [-0.25, -0.2) is 0 Å². The average Bonchev–Trinajstić information content (AvgIpc) is 2.62. The Hall–Kier alpha value is -1.22. The van der Waals surface area contributed by atoms with Gasteiger partial charge in [0.2, 0.25) is 0 Å². The monoisotopic (exact) mass is 475 g/mol. The molecule has 1 heterocycles. The molecule has 0 bridgehead atoms. The Labute approximate surface area is 175 Å². The molecule has 1 aromatic carbocycles.